The van der Waals surface area contributed by atoms with Gasteiger partial charge >= 0.3 is 0 Å². The van der Waals surface area contributed by atoms with Crippen molar-refractivity contribution in [3.05, 3.63) is 41.7 Å². The van der Waals surface area contributed by atoms with E-state index in [9.17, 15) is 4.79 Å². The van der Waals surface area contributed by atoms with Crippen molar-refractivity contribution < 1.29 is 9.53 Å². The van der Waals surface area contributed by atoms with Gasteiger partial charge in [0.2, 0.25) is 0 Å². The summed E-state index contributed by atoms with van der Waals surface area (Å²) in [6.45, 7) is 6.25. The van der Waals surface area contributed by atoms with Gasteiger partial charge in [0.15, 0.2) is 5.69 Å². The van der Waals surface area contributed by atoms with Gasteiger partial charge in [0, 0.05) is 0 Å². The number of carbonyl (C=O) groups is 1. The maximum Gasteiger partial charge on any atom is 0.273 e. The molecule has 3 rings (SSSR count). The molecule has 1 saturated heterocycles. The van der Waals surface area contributed by atoms with E-state index in [0.717, 1.165) is 37.2 Å². The molecule has 1 fully saturated rings. The molecule has 1 aliphatic heterocycles. The third-order valence-corrected chi connectivity index (χ3v) is 4.39. The predicted molar refractivity (Wildman–Crippen MR) is 94.8 cm³/mol. The van der Waals surface area contributed by atoms with Gasteiger partial charge in [0.1, 0.15) is 12.4 Å². The van der Waals surface area contributed by atoms with Crippen molar-refractivity contribution in [2.75, 3.05) is 19.7 Å². The number of ether oxygens (including phenoxy) is 1. The number of piperidine rings is 1. The molecule has 0 aliphatic carbocycles. The number of para-hydroxylation sites is 1. The molecule has 1 aliphatic rings. The fourth-order valence-corrected chi connectivity index (χ4v) is 2.90. The Hall–Kier alpha value is -2.41. The highest BCUT2D eigenvalue weighted by Crippen LogP contribution is 2.17. The minimum atomic E-state index is -0.221. The number of aromatic nitrogens is 3. The first-order chi connectivity index (χ1) is 12.1. The fraction of sp³-hybridized carbons (Fsp3) is 0.500. The van der Waals surface area contributed by atoms with Gasteiger partial charge in [-0.15, -0.1) is 5.10 Å². The summed E-state index contributed by atoms with van der Waals surface area (Å²) >= 11 is 0. The molecule has 134 valence electrons. The summed E-state index contributed by atoms with van der Waals surface area (Å²) in [4.78, 5) is 12.3. The number of carbonyl (C=O) groups excluding carboxylic acids is 1. The van der Waals surface area contributed by atoms with Crippen LogP contribution in [-0.4, -0.2) is 46.6 Å². The number of hydrogen-bond acceptors (Lipinski definition) is 5. The quantitative estimate of drug-likeness (QED) is 0.834. The van der Waals surface area contributed by atoms with Crippen LogP contribution in [0.25, 0.3) is 0 Å². The number of nitrogens with zero attached hydrogens (tertiary/aromatic N) is 3. The summed E-state index contributed by atoms with van der Waals surface area (Å²) in [6, 6.07) is 8.02. The monoisotopic (exact) mass is 343 g/mol. The first-order valence-electron chi connectivity index (χ1n) is 8.75. The average molecular weight is 343 g/mol. The molecule has 2 heterocycles. The Kier molecular flexibility index (Phi) is 5.65. The largest absolute Gasteiger partial charge is 0.491 e. The first kappa shape index (κ1) is 17.4. The Morgan fingerprint density at radius 2 is 2.16 bits per heavy atom. The van der Waals surface area contributed by atoms with E-state index in [1.165, 1.54) is 0 Å². The zero-order chi connectivity index (χ0) is 17.6. The first-order valence-corrected chi connectivity index (χ1v) is 8.75. The Morgan fingerprint density at radius 1 is 1.40 bits per heavy atom. The van der Waals surface area contributed by atoms with Crippen LogP contribution in [-0.2, 0) is 0 Å². The van der Waals surface area contributed by atoms with Gasteiger partial charge in [-0.2, -0.15) is 0 Å². The number of rotatable bonds is 6. The maximum atomic E-state index is 12.3. The number of amides is 1. The lowest BCUT2D eigenvalue weighted by molar-refractivity contribution is 0.0921. The van der Waals surface area contributed by atoms with E-state index in [1.54, 1.807) is 6.20 Å². The Balaban J connectivity index is 1.51. The molecule has 0 bridgehead atoms. The van der Waals surface area contributed by atoms with Crippen molar-refractivity contribution in [3.63, 3.8) is 0 Å². The molecule has 0 spiro atoms. The Morgan fingerprint density at radius 3 is 2.92 bits per heavy atom. The minimum Gasteiger partial charge on any atom is -0.491 e. The van der Waals surface area contributed by atoms with Crippen LogP contribution in [0, 0.1) is 6.92 Å². The molecule has 2 N–H and O–H groups in total. The lowest BCUT2D eigenvalue weighted by Gasteiger charge is -2.22. The second-order valence-corrected chi connectivity index (χ2v) is 6.52. The van der Waals surface area contributed by atoms with Gasteiger partial charge < -0.3 is 15.4 Å². The van der Waals surface area contributed by atoms with Crippen LogP contribution < -0.4 is 15.4 Å². The summed E-state index contributed by atoms with van der Waals surface area (Å²) in [6.07, 6.45) is 3.75. The molecule has 1 aromatic heterocycles. The van der Waals surface area contributed by atoms with Crippen LogP contribution in [0.15, 0.2) is 30.5 Å². The van der Waals surface area contributed by atoms with E-state index in [0.29, 0.717) is 18.3 Å². The summed E-state index contributed by atoms with van der Waals surface area (Å²) in [5, 5.41) is 14.4. The zero-order valence-corrected chi connectivity index (χ0v) is 14.7. The smallest absolute Gasteiger partial charge is 0.273 e. The Labute approximate surface area is 147 Å². The summed E-state index contributed by atoms with van der Waals surface area (Å²) in [5.41, 5.74) is 1.42. The van der Waals surface area contributed by atoms with E-state index >= 15 is 0 Å². The molecular formula is C18H25N5O2. The molecule has 0 saturated carbocycles. The van der Waals surface area contributed by atoms with Crippen LogP contribution in [0.3, 0.4) is 0 Å². The number of benzene rings is 1. The van der Waals surface area contributed by atoms with Gasteiger partial charge in [0.25, 0.3) is 5.91 Å². The molecule has 1 amide bonds. The highest BCUT2D eigenvalue weighted by atomic mass is 16.5. The molecule has 1 atom stereocenters. The van der Waals surface area contributed by atoms with Crippen molar-refractivity contribution in [3.8, 4) is 5.75 Å². The van der Waals surface area contributed by atoms with Gasteiger partial charge in [-0.3, -0.25) is 4.79 Å². The predicted octanol–water partition coefficient (Wildman–Crippen LogP) is 1.71. The van der Waals surface area contributed by atoms with Crippen molar-refractivity contribution >= 4 is 5.91 Å². The topological polar surface area (TPSA) is 81.1 Å². The van der Waals surface area contributed by atoms with E-state index in [4.69, 9.17) is 4.74 Å². The van der Waals surface area contributed by atoms with Crippen molar-refractivity contribution in [2.24, 2.45) is 0 Å². The molecule has 0 unspecified atom stereocenters. The van der Waals surface area contributed by atoms with Crippen molar-refractivity contribution in [1.29, 1.82) is 0 Å². The zero-order valence-electron chi connectivity index (χ0n) is 14.7. The Bertz CT molecular complexity index is 709. The van der Waals surface area contributed by atoms with Crippen LogP contribution in [0.4, 0.5) is 0 Å². The van der Waals surface area contributed by atoms with Gasteiger partial charge in [-0.25, -0.2) is 4.68 Å². The number of nitrogens with one attached hydrogen (secondary N) is 2. The second kappa shape index (κ2) is 8.11. The van der Waals surface area contributed by atoms with Crippen LogP contribution in [0.1, 0.15) is 41.9 Å². The van der Waals surface area contributed by atoms with Crippen molar-refractivity contribution in [2.45, 2.75) is 38.8 Å². The molecule has 1 aromatic carbocycles. The average Bonchev–Trinajstić information content (AvgIpc) is 3.12. The fourth-order valence-electron chi connectivity index (χ4n) is 2.90. The number of aryl methyl sites for hydroxylation is 1. The van der Waals surface area contributed by atoms with Crippen molar-refractivity contribution in [1.82, 2.24) is 25.6 Å². The van der Waals surface area contributed by atoms with Gasteiger partial charge in [-0.1, -0.05) is 23.4 Å². The second-order valence-electron chi connectivity index (χ2n) is 6.52. The van der Waals surface area contributed by atoms with Gasteiger partial charge in [-0.05, 0) is 51.4 Å². The lowest BCUT2D eigenvalue weighted by atomic mass is 10.1. The summed E-state index contributed by atoms with van der Waals surface area (Å²) in [7, 11) is 0. The number of hydrogen-bond donors (Lipinski definition) is 2. The molecule has 2 aromatic rings. The van der Waals surface area contributed by atoms with E-state index in [1.807, 2.05) is 42.8 Å². The van der Waals surface area contributed by atoms with Crippen LogP contribution in [0.5, 0.6) is 5.75 Å². The van der Waals surface area contributed by atoms with Crippen LogP contribution >= 0.6 is 0 Å². The van der Waals surface area contributed by atoms with E-state index < -0.39 is 0 Å². The van der Waals surface area contributed by atoms with E-state index in [2.05, 4.69) is 20.9 Å². The highest BCUT2D eigenvalue weighted by Gasteiger charge is 2.19. The molecule has 7 heteroatoms. The minimum absolute atomic E-state index is 0.129. The molecule has 25 heavy (non-hydrogen) atoms. The third kappa shape index (κ3) is 4.57. The normalized spacial score (nSPS) is 16.4. The molecular weight excluding hydrogens is 318 g/mol. The SMILES string of the molecule is Cc1ccccc1OC[C@@H](C)NC(=O)c1cn(C2CCNCC2)nn1. The summed E-state index contributed by atoms with van der Waals surface area (Å²) < 4.78 is 7.58. The van der Waals surface area contributed by atoms with Gasteiger partial charge in [0.05, 0.1) is 18.3 Å². The highest BCUT2D eigenvalue weighted by molar-refractivity contribution is 5.92. The molecule has 0 radical (unpaired) electrons. The van der Waals surface area contributed by atoms with E-state index in [-0.39, 0.29) is 11.9 Å². The third-order valence-electron chi connectivity index (χ3n) is 4.39. The maximum absolute atomic E-state index is 12.3. The van der Waals surface area contributed by atoms with Crippen LogP contribution in [0.2, 0.25) is 0 Å². The standard InChI is InChI=1S/C18H25N5O2/c1-13-5-3-4-6-17(13)25-12-14(2)20-18(24)16-11-23(22-21-16)15-7-9-19-10-8-15/h3-6,11,14-15,19H,7-10,12H2,1-2H3,(H,20,24)/t14-/m1/s1. The molecule has 7 nitrogen and oxygen atoms in total. The summed E-state index contributed by atoms with van der Waals surface area (Å²) in [5.74, 6) is 0.613. The lowest BCUT2D eigenvalue weighted by Crippen LogP contribution is -2.37.